The van der Waals surface area contributed by atoms with Crippen molar-refractivity contribution in [2.75, 3.05) is 6.61 Å². The molecule has 0 saturated heterocycles. The number of rotatable bonds is 4. The topological polar surface area (TPSA) is 29.5 Å². The first-order valence-electron chi connectivity index (χ1n) is 4.90. The van der Waals surface area contributed by atoms with Crippen LogP contribution >= 0.6 is 0 Å². The van der Waals surface area contributed by atoms with E-state index in [1.54, 1.807) is 12.1 Å². The van der Waals surface area contributed by atoms with E-state index in [1.165, 1.54) is 12.1 Å². The Bertz CT molecular complexity index is 319. The standard InChI is InChI=1S/C11H13F3O2/c1-2-10(15)8-3-5-9(6-4-8)16-7-11(12,13)14/h3-6,10,15H,2,7H2,1H3/t10-/m0/s1. The second-order valence-electron chi connectivity index (χ2n) is 3.40. The third-order valence-electron chi connectivity index (χ3n) is 2.05. The van der Waals surface area contributed by atoms with Crippen molar-refractivity contribution in [3.05, 3.63) is 29.8 Å². The molecule has 0 amide bonds. The van der Waals surface area contributed by atoms with Crippen LogP contribution in [0.1, 0.15) is 25.0 Å². The number of ether oxygens (including phenoxy) is 1. The zero-order chi connectivity index (χ0) is 12.2. The molecule has 0 aromatic heterocycles. The van der Waals surface area contributed by atoms with Gasteiger partial charge >= 0.3 is 6.18 Å². The van der Waals surface area contributed by atoms with Crippen LogP contribution in [-0.2, 0) is 0 Å². The number of hydrogen-bond acceptors (Lipinski definition) is 2. The molecule has 1 atom stereocenters. The molecule has 1 N–H and O–H groups in total. The van der Waals surface area contributed by atoms with E-state index in [-0.39, 0.29) is 5.75 Å². The summed E-state index contributed by atoms with van der Waals surface area (Å²) >= 11 is 0. The highest BCUT2D eigenvalue weighted by Gasteiger charge is 2.28. The van der Waals surface area contributed by atoms with Crippen LogP contribution in [0.4, 0.5) is 13.2 Å². The highest BCUT2D eigenvalue weighted by molar-refractivity contribution is 5.28. The summed E-state index contributed by atoms with van der Waals surface area (Å²) in [5.41, 5.74) is 0.668. The van der Waals surface area contributed by atoms with Crippen LogP contribution in [0.3, 0.4) is 0 Å². The normalized spacial score (nSPS) is 13.6. The maximum absolute atomic E-state index is 11.8. The molecule has 0 radical (unpaired) electrons. The first kappa shape index (κ1) is 12.8. The molecule has 0 fully saturated rings. The lowest BCUT2D eigenvalue weighted by molar-refractivity contribution is -0.153. The molecule has 1 rings (SSSR count). The van der Waals surface area contributed by atoms with Crippen molar-refractivity contribution in [2.45, 2.75) is 25.6 Å². The summed E-state index contributed by atoms with van der Waals surface area (Å²) in [6.07, 6.45) is -4.36. The van der Waals surface area contributed by atoms with Crippen molar-refractivity contribution in [1.29, 1.82) is 0 Å². The SMILES string of the molecule is CC[C@H](O)c1ccc(OCC(F)(F)F)cc1. The molecule has 5 heteroatoms. The Labute approximate surface area is 91.7 Å². The lowest BCUT2D eigenvalue weighted by atomic mass is 10.1. The number of hydrogen-bond donors (Lipinski definition) is 1. The van der Waals surface area contributed by atoms with E-state index in [9.17, 15) is 18.3 Å². The van der Waals surface area contributed by atoms with Crippen molar-refractivity contribution in [3.8, 4) is 5.75 Å². The molecule has 0 aliphatic carbocycles. The van der Waals surface area contributed by atoms with Crippen molar-refractivity contribution >= 4 is 0 Å². The van der Waals surface area contributed by atoms with Gasteiger partial charge in [0.2, 0.25) is 0 Å². The highest BCUT2D eigenvalue weighted by Crippen LogP contribution is 2.22. The van der Waals surface area contributed by atoms with Crippen molar-refractivity contribution in [3.63, 3.8) is 0 Å². The zero-order valence-corrected chi connectivity index (χ0v) is 8.79. The van der Waals surface area contributed by atoms with Gasteiger partial charge in [0.1, 0.15) is 5.75 Å². The van der Waals surface area contributed by atoms with Crippen LogP contribution in [0.25, 0.3) is 0 Å². The number of alkyl halides is 3. The first-order valence-corrected chi connectivity index (χ1v) is 4.90. The minimum Gasteiger partial charge on any atom is -0.484 e. The second-order valence-corrected chi connectivity index (χ2v) is 3.40. The summed E-state index contributed by atoms with van der Waals surface area (Å²) in [4.78, 5) is 0. The van der Waals surface area contributed by atoms with Crippen LogP contribution in [0, 0.1) is 0 Å². The summed E-state index contributed by atoms with van der Waals surface area (Å²) in [5, 5.41) is 9.46. The van der Waals surface area contributed by atoms with E-state index < -0.39 is 18.9 Å². The van der Waals surface area contributed by atoms with Gasteiger partial charge in [0.15, 0.2) is 6.61 Å². The van der Waals surface area contributed by atoms with Crippen LogP contribution < -0.4 is 4.74 Å². The Hall–Kier alpha value is -1.23. The molecule has 2 nitrogen and oxygen atoms in total. The summed E-state index contributed by atoms with van der Waals surface area (Å²) in [6, 6.07) is 5.94. The minimum absolute atomic E-state index is 0.143. The smallest absolute Gasteiger partial charge is 0.422 e. The van der Waals surface area contributed by atoms with E-state index in [1.807, 2.05) is 6.92 Å². The van der Waals surface area contributed by atoms with Gasteiger partial charge in [-0.15, -0.1) is 0 Å². The van der Waals surface area contributed by atoms with E-state index in [4.69, 9.17) is 0 Å². The quantitative estimate of drug-likeness (QED) is 0.867. The third-order valence-corrected chi connectivity index (χ3v) is 2.05. The molecule has 90 valence electrons. The number of benzene rings is 1. The Morgan fingerprint density at radius 3 is 2.25 bits per heavy atom. The van der Waals surface area contributed by atoms with E-state index in [2.05, 4.69) is 4.74 Å². The molecule has 1 aromatic rings. The number of aliphatic hydroxyl groups is 1. The molecule has 0 aliphatic rings. The predicted molar refractivity (Wildman–Crippen MR) is 53.2 cm³/mol. The van der Waals surface area contributed by atoms with Crippen LogP contribution in [0.15, 0.2) is 24.3 Å². The average Bonchev–Trinajstić information content (AvgIpc) is 2.25. The maximum atomic E-state index is 11.8. The van der Waals surface area contributed by atoms with Gasteiger partial charge in [-0.1, -0.05) is 19.1 Å². The molecule has 0 heterocycles. The molecule has 0 bridgehead atoms. The summed E-state index contributed by atoms with van der Waals surface area (Å²) in [5.74, 6) is 0.143. The van der Waals surface area contributed by atoms with Gasteiger partial charge in [-0.2, -0.15) is 13.2 Å². The minimum atomic E-state index is -4.33. The summed E-state index contributed by atoms with van der Waals surface area (Å²) in [6.45, 7) is 0.515. The molecule has 0 spiro atoms. The molecule has 0 unspecified atom stereocenters. The molecule has 1 aromatic carbocycles. The van der Waals surface area contributed by atoms with Gasteiger partial charge < -0.3 is 9.84 Å². The monoisotopic (exact) mass is 234 g/mol. The zero-order valence-electron chi connectivity index (χ0n) is 8.79. The molecule has 0 saturated carbocycles. The van der Waals surface area contributed by atoms with Gasteiger partial charge in [-0.3, -0.25) is 0 Å². The van der Waals surface area contributed by atoms with E-state index >= 15 is 0 Å². The largest absolute Gasteiger partial charge is 0.484 e. The molecular formula is C11H13F3O2. The van der Waals surface area contributed by atoms with Crippen LogP contribution in [-0.4, -0.2) is 17.9 Å². The number of aliphatic hydroxyl groups excluding tert-OH is 1. The van der Waals surface area contributed by atoms with Gasteiger partial charge in [-0.25, -0.2) is 0 Å². The Balaban J connectivity index is 2.58. The predicted octanol–water partition coefficient (Wildman–Crippen LogP) is 3.07. The first-order chi connectivity index (χ1) is 7.42. The Kier molecular flexibility index (Phi) is 4.18. The molecule has 16 heavy (non-hydrogen) atoms. The average molecular weight is 234 g/mol. The fourth-order valence-corrected chi connectivity index (χ4v) is 1.19. The highest BCUT2D eigenvalue weighted by atomic mass is 19.4. The molecule has 0 aliphatic heterocycles. The maximum Gasteiger partial charge on any atom is 0.422 e. The fourth-order valence-electron chi connectivity index (χ4n) is 1.19. The van der Waals surface area contributed by atoms with Gasteiger partial charge in [0.25, 0.3) is 0 Å². The van der Waals surface area contributed by atoms with E-state index in [0.29, 0.717) is 12.0 Å². The third kappa shape index (κ3) is 4.10. The van der Waals surface area contributed by atoms with E-state index in [0.717, 1.165) is 0 Å². The second kappa shape index (κ2) is 5.21. The number of halogens is 3. The fraction of sp³-hybridized carbons (Fsp3) is 0.455. The van der Waals surface area contributed by atoms with Crippen molar-refractivity contribution in [1.82, 2.24) is 0 Å². The van der Waals surface area contributed by atoms with Gasteiger partial charge in [0, 0.05) is 0 Å². The summed E-state index contributed by atoms with van der Waals surface area (Å²) < 4.78 is 40.0. The lowest BCUT2D eigenvalue weighted by Crippen LogP contribution is -2.19. The van der Waals surface area contributed by atoms with Crippen LogP contribution in [0.5, 0.6) is 5.75 Å². The Morgan fingerprint density at radius 2 is 1.81 bits per heavy atom. The van der Waals surface area contributed by atoms with Crippen molar-refractivity contribution in [2.24, 2.45) is 0 Å². The Morgan fingerprint density at radius 1 is 1.25 bits per heavy atom. The lowest BCUT2D eigenvalue weighted by Gasteiger charge is -2.11. The molecular weight excluding hydrogens is 221 g/mol. The van der Waals surface area contributed by atoms with Gasteiger partial charge in [0.05, 0.1) is 6.10 Å². The van der Waals surface area contributed by atoms with Crippen LogP contribution in [0.2, 0.25) is 0 Å². The van der Waals surface area contributed by atoms with Crippen molar-refractivity contribution < 1.29 is 23.0 Å². The summed E-state index contributed by atoms with van der Waals surface area (Å²) in [7, 11) is 0. The van der Waals surface area contributed by atoms with Gasteiger partial charge in [-0.05, 0) is 24.1 Å².